The lowest BCUT2D eigenvalue weighted by atomic mass is 9.88. The van der Waals surface area contributed by atoms with Gasteiger partial charge in [-0.2, -0.15) is 0 Å². The average molecular weight is 371 g/mol. The van der Waals surface area contributed by atoms with Crippen LogP contribution in [-0.2, 0) is 4.84 Å². The summed E-state index contributed by atoms with van der Waals surface area (Å²) in [7, 11) is 4.21. The van der Waals surface area contributed by atoms with Gasteiger partial charge in [0, 0.05) is 0 Å². The zero-order valence-corrected chi connectivity index (χ0v) is 17.6. The van der Waals surface area contributed by atoms with Crippen molar-refractivity contribution in [2.45, 2.75) is 64.7 Å². The summed E-state index contributed by atoms with van der Waals surface area (Å²) in [4.78, 5) is 8.07. The summed E-state index contributed by atoms with van der Waals surface area (Å²) in [6, 6.07) is 10.6. The third-order valence-corrected chi connectivity index (χ3v) is 5.10. The molecule has 1 N–H and O–H groups in total. The highest BCUT2D eigenvalue weighted by Crippen LogP contribution is 2.32. The Morgan fingerprint density at radius 1 is 1.04 bits per heavy atom. The molecule has 1 aliphatic carbocycles. The van der Waals surface area contributed by atoms with Gasteiger partial charge in [0.15, 0.2) is 0 Å². The standard InChI is InChI=1S/C24H38N2O/c1-4-5-6-10-15-22-16-11-17-23(20-21-13-8-7-9-14-21)24(22)25-27-19-12-18-26(2)3/h7-9,13-14,20,25H,4-6,10-12,15-19H2,1-3H3. The van der Waals surface area contributed by atoms with E-state index in [2.05, 4.69) is 67.8 Å². The molecule has 3 nitrogen and oxygen atoms in total. The molecule has 3 heteroatoms. The first-order valence-electron chi connectivity index (χ1n) is 10.7. The highest BCUT2D eigenvalue weighted by atomic mass is 16.6. The maximum Gasteiger partial charge on any atom is 0.0758 e. The zero-order chi connectivity index (χ0) is 19.3. The summed E-state index contributed by atoms with van der Waals surface area (Å²) in [6.07, 6.45) is 13.4. The molecule has 27 heavy (non-hydrogen) atoms. The molecular weight excluding hydrogens is 332 g/mol. The SMILES string of the molecule is CCCCCCC1=C(NOCCCN(C)C)C(=Cc2ccccc2)CCC1. The van der Waals surface area contributed by atoms with E-state index < -0.39 is 0 Å². The number of nitrogens with zero attached hydrogens (tertiary/aromatic N) is 1. The molecule has 0 amide bonds. The van der Waals surface area contributed by atoms with E-state index >= 15 is 0 Å². The van der Waals surface area contributed by atoms with Gasteiger partial charge in [-0.1, -0.05) is 56.5 Å². The van der Waals surface area contributed by atoms with Crippen LogP contribution in [0.5, 0.6) is 0 Å². The Labute approximate surface area is 166 Å². The van der Waals surface area contributed by atoms with E-state index in [-0.39, 0.29) is 0 Å². The summed E-state index contributed by atoms with van der Waals surface area (Å²) >= 11 is 0. The zero-order valence-electron chi connectivity index (χ0n) is 17.6. The van der Waals surface area contributed by atoms with Gasteiger partial charge in [0.1, 0.15) is 0 Å². The Hall–Kier alpha value is -1.58. The van der Waals surface area contributed by atoms with E-state index in [1.165, 1.54) is 61.8 Å². The molecule has 0 saturated heterocycles. The first-order valence-corrected chi connectivity index (χ1v) is 10.7. The molecule has 150 valence electrons. The second-order valence-corrected chi connectivity index (χ2v) is 7.83. The van der Waals surface area contributed by atoms with E-state index in [1.54, 1.807) is 5.57 Å². The Balaban J connectivity index is 2.06. The maximum absolute atomic E-state index is 5.87. The van der Waals surface area contributed by atoms with Crippen molar-refractivity contribution in [1.29, 1.82) is 0 Å². The van der Waals surface area contributed by atoms with Crippen LogP contribution in [0.15, 0.2) is 47.2 Å². The van der Waals surface area contributed by atoms with E-state index in [1.807, 2.05) is 0 Å². The smallest absolute Gasteiger partial charge is 0.0758 e. The van der Waals surface area contributed by atoms with Crippen molar-refractivity contribution in [3.8, 4) is 0 Å². The van der Waals surface area contributed by atoms with Crippen LogP contribution in [0.1, 0.15) is 70.3 Å². The van der Waals surface area contributed by atoms with Crippen LogP contribution < -0.4 is 5.48 Å². The molecule has 2 rings (SSSR count). The van der Waals surface area contributed by atoms with Crippen molar-refractivity contribution in [2.75, 3.05) is 27.2 Å². The average Bonchev–Trinajstić information content (AvgIpc) is 2.67. The van der Waals surface area contributed by atoms with E-state index in [9.17, 15) is 0 Å². The minimum Gasteiger partial charge on any atom is -0.309 e. The number of hydroxylamine groups is 1. The highest BCUT2D eigenvalue weighted by Gasteiger charge is 2.17. The topological polar surface area (TPSA) is 24.5 Å². The maximum atomic E-state index is 5.87. The molecule has 0 atom stereocenters. The lowest BCUT2D eigenvalue weighted by molar-refractivity contribution is 0.0574. The number of hydrogen-bond donors (Lipinski definition) is 1. The second kappa shape index (κ2) is 12.7. The van der Waals surface area contributed by atoms with Crippen LogP contribution in [0, 0.1) is 0 Å². The third kappa shape index (κ3) is 8.32. The number of hydrogen-bond acceptors (Lipinski definition) is 3. The minimum absolute atomic E-state index is 0.739. The fraction of sp³-hybridized carbons (Fsp3) is 0.583. The lowest BCUT2D eigenvalue weighted by Crippen LogP contribution is -2.23. The molecule has 1 aliphatic rings. The summed E-state index contributed by atoms with van der Waals surface area (Å²) in [6.45, 7) is 4.07. The Bertz CT molecular complexity index is 590. The van der Waals surface area contributed by atoms with E-state index in [4.69, 9.17) is 4.84 Å². The monoisotopic (exact) mass is 370 g/mol. The van der Waals surface area contributed by atoms with Crippen molar-refractivity contribution >= 4 is 6.08 Å². The molecular formula is C24H38N2O. The molecule has 0 spiro atoms. The fourth-order valence-electron chi connectivity index (χ4n) is 3.59. The molecule has 0 bridgehead atoms. The second-order valence-electron chi connectivity index (χ2n) is 7.83. The summed E-state index contributed by atoms with van der Waals surface area (Å²) in [5.74, 6) is 0. The van der Waals surface area contributed by atoms with Crippen LogP contribution in [0.2, 0.25) is 0 Å². The molecule has 0 radical (unpaired) electrons. The number of unbranched alkanes of at least 4 members (excludes halogenated alkanes) is 3. The van der Waals surface area contributed by atoms with Crippen molar-refractivity contribution in [2.24, 2.45) is 0 Å². The molecule has 0 fully saturated rings. The van der Waals surface area contributed by atoms with Crippen molar-refractivity contribution < 1.29 is 4.84 Å². The van der Waals surface area contributed by atoms with Gasteiger partial charge in [-0.3, -0.25) is 10.3 Å². The Kier molecular flexibility index (Phi) is 10.3. The number of benzene rings is 1. The van der Waals surface area contributed by atoms with Crippen LogP contribution in [-0.4, -0.2) is 32.1 Å². The van der Waals surface area contributed by atoms with E-state index in [0.29, 0.717) is 0 Å². The predicted molar refractivity (Wildman–Crippen MR) is 116 cm³/mol. The molecule has 0 heterocycles. The lowest BCUT2D eigenvalue weighted by Gasteiger charge is -2.25. The first-order chi connectivity index (χ1) is 13.2. The quantitative estimate of drug-likeness (QED) is 0.363. The molecule has 0 unspecified atom stereocenters. The van der Waals surface area contributed by atoms with Gasteiger partial charge in [0.2, 0.25) is 0 Å². The molecule has 1 aromatic rings. The van der Waals surface area contributed by atoms with Crippen LogP contribution in [0.25, 0.3) is 6.08 Å². The van der Waals surface area contributed by atoms with E-state index in [0.717, 1.165) is 26.0 Å². The van der Waals surface area contributed by atoms with Gasteiger partial charge in [-0.05, 0) is 82.0 Å². The van der Waals surface area contributed by atoms with Gasteiger partial charge in [-0.15, -0.1) is 0 Å². The predicted octanol–water partition coefficient (Wildman–Crippen LogP) is 5.95. The molecule has 1 aromatic carbocycles. The van der Waals surface area contributed by atoms with Crippen molar-refractivity contribution in [3.63, 3.8) is 0 Å². The number of rotatable bonds is 12. The summed E-state index contributed by atoms with van der Waals surface area (Å²) in [5, 5.41) is 0. The Morgan fingerprint density at radius 2 is 1.85 bits per heavy atom. The normalized spacial score (nSPS) is 16.4. The fourth-order valence-corrected chi connectivity index (χ4v) is 3.59. The van der Waals surface area contributed by atoms with Gasteiger partial charge in [0.05, 0.1) is 12.3 Å². The van der Waals surface area contributed by atoms with Crippen molar-refractivity contribution in [3.05, 3.63) is 52.7 Å². The van der Waals surface area contributed by atoms with Gasteiger partial charge < -0.3 is 4.90 Å². The van der Waals surface area contributed by atoms with Crippen LogP contribution in [0.4, 0.5) is 0 Å². The largest absolute Gasteiger partial charge is 0.309 e. The Morgan fingerprint density at radius 3 is 2.59 bits per heavy atom. The van der Waals surface area contributed by atoms with Crippen molar-refractivity contribution in [1.82, 2.24) is 10.4 Å². The molecule has 0 aromatic heterocycles. The van der Waals surface area contributed by atoms with Gasteiger partial charge >= 0.3 is 0 Å². The number of nitrogens with one attached hydrogen (secondary N) is 1. The highest BCUT2D eigenvalue weighted by molar-refractivity contribution is 5.59. The third-order valence-electron chi connectivity index (χ3n) is 5.10. The number of allylic oxidation sites excluding steroid dienone is 2. The van der Waals surface area contributed by atoms with Crippen LogP contribution >= 0.6 is 0 Å². The summed E-state index contributed by atoms with van der Waals surface area (Å²) < 4.78 is 0. The minimum atomic E-state index is 0.739. The molecule has 0 aliphatic heterocycles. The van der Waals surface area contributed by atoms with Gasteiger partial charge in [-0.25, -0.2) is 0 Å². The first kappa shape index (κ1) is 21.7. The van der Waals surface area contributed by atoms with Crippen LogP contribution in [0.3, 0.4) is 0 Å². The van der Waals surface area contributed by atoms with Gasteiger partial charge in [0.25, 0.3) is 0 Å². The summed E-state index contributed by atoms with van der Waals surface area (Å²) in [5.41, 5.74) is 8.82. The molecule has 0 saturated carbocycles.